The molecule has 1 aliphatic rings. The molecule has 0 spiro atoms. The molecule has 3 rings (SSSR count). The summed E-state index contributed by atoms with van der Waals surface area (Å²) in [6.45, 7) is 3.41. The molecule has 8 heteroatoms. The molecule has 2 heterocycles. The van der Waals surface area contributed by atoms with Crippen LogP contribution in [0, 0.1) is 6.92 Å². The van der Waals surface area contributed by atoms with Crippen molar-refractivity contribution in [3.05, 3.63) is 41.4 Å². The fraction of sp³-hybridized carbons (Fsp3) is 0.474. The first-order valence-electron chi connectivity index (χ1n) is 9.04. The first-order chi connectivity index (χ1) is 13.0. The molecule has 1 aliphatic carbocycles. The average molecular weight is 389 g/mol. The van der Waals surface area contributed by atoms with E-state index in [1.54, 1.807) is 25.3 Å². The van der Waals surface area contributed by atoms with Crippen LogP contribution >= 0.6 is 11.8 Å². The lowest BCUT2D eigenvalue weighted by Gasteiger charge is -2.17. The van der Waals surface area contributed by atoms with Crippen molar-refractivity contribution in [1.82, 2.24) is 15.5 Å². The number of nitrogens with one attached hydrogen (secondary N) is 1. The molecule has 1 fully saturated rings. The van der Waals surface area contributed by atoms with Gasteiger partial charge in [0.15, 0.2) is 6.10 Å². The van der Waals surface area contributed by atoms with Crippen LogP contribution in [0.2, 0.25) is 0 Å². The van der Waals surface area contributed by atoms with Crippen molar-refractivity contribution in [1.29, 1.82) is 0 Å². The molecule has 0 aliphatic heterocycles. The van der Waals surface area contributed by atoms with Gasteiger partial charge in [-0.15, -0.1) is 0 Å². The van der Waals surface area contributed by atoms with E-state index in [-0.39, 0.29) is 11.9 Å². The molecule has 0 saturated heterocycles. The van der Waals surface area contributed by atoms with Gasteiger partial charge in [-0.25, -0.2) is 9.78 Å². The number of esters is 1. The van der Waals surface area contributed by atoms with Crippen molar-refractivity contribution in [2.45, 2.75) is 62.5 Å². The number of nitrogens with zero attached hydrogens (tertiary/aromatic N) is 2. The summed E-state index contributed by atoms with van der Waals surface area (Å²) < 4.78 is 10.4. The van der Waals surface area contributed by atoms with E-state index in [0.717, 1.165) is 37.1 Å². The quantitative estimate of drug-likeness (QED) is 0.573. The van der Waals surface area contributed by atoms with E-state index in [1.165, 1.54) is 11.8 Å². The summed E-state index contributed by atoms with van der Waals surface area (Å²) in [4.78, 5) is 29.0. The number of amides is 1. The summed E-state index contributed by atoms with van der Waals surface area (Å²) in [6.07, 6.45) is 4.98. The van der Waals surface area contributed by atoms with Crippen LogP contribution in [0.15, 0.2) is 33.9 Å². The number of ether oxygens (including phenoxy) is 1. The third-order valence-corrected chi connectivity index (χ3v) is 5.42. The van der Waals surface area contributed by atoms with E-state index >= 15 is 0 Å². The predicted octanol–water partition coefficient (Wildman–Crippen LogP) is 3.27. The van der Waals surface area contributed by atoms with Crippen LogP contribution in [0.3, 0.4) is 0 Å². The zero-order valence-corrected chi connectivity index (χ0v) is 16.3. The van der Waals surface area contributed by atoms with Crippen LogP contribution in [0.25, 0.3) is 0 Å². The highest BCUT2D eigenvalue weighted by atomic mass is 32.2. The molecular weight excluding hydrogens is 366 g/mol. The minimum Gasteiger partial charge on any atom is -0.449 e. The first-order valence-corrected chi connectivity index (χ1v) is 10.0. The molecule has 0 aromatic carbocycles. The Balaban J connectivity index is 1.59. The molecule has 2 aromatic heterocycles. The van der Waals surface area contributed by atoms with Gasteiger partial charge >= 0.3 is 5.97 Å². The summed E-state index contributed by atoms with van der Waals surface area (Å²) in [5.74, 6) is 0.433. The number of hydrogen-bond acceptors (Lipinski definition) is 7. The molecule has 1 amide bonds. The Morgan fingerprint density at radius 1 is 1.41 bits per heavy atom. The van der Waals surface area contributed by atoms with Crippen molar-refractivity contribution < 1.29 is 18.8 Å². The highest BCUT2D eigenvalue weighted by Crippen LogP contribution is 2.25. The second kappa shape index (κ2) is 9.03. The van der Waals surface area contributed by atoms with E-state index in [0.29, 0.717) is 16.3 Å². The smallest absolute Gasteiger partial charge is 0.341 e. The van der Waals surface area contributed by atoms with Crippen molar-refractivity contribution >= 4 is 23.6 Å². The lowest BCUT2D eigenvalue weighted by molar-refractivity contribution is -0.129. The number of rotatable bonds is 7. The molecule has 2 aromatic rings. The molecule has 0 radical (unpaired) electrons. The fourth-order valence-corrected chi connectivity index (χ4v) is 3.82. The molecule has 1 N–H and O–H groups in total. The number of hydrogen-bond donors (Lipinski definition) is 1. The molecule has 27 heavy (non-hydrogen) atoms. The van der Waals surface area contributed by atoms with Crippen LogP contribution < -0.4 is 5.32 Å². The number of aryl methyl sites for hydroxylation is 1. The lowest BCUT2D eigenvalue weighted by Crippen LogP contribution is -2.40. The van der Waals surface area contributed by atoms with Gasteiger partial charge < -0.3 is 14.6 Å². The predicted molar refractivity (Wildman–Crippen MR) is 100 cm³/mol. The van der Waals surface area contributed by atoms with Crippen molar-refractivity contribution in [2.24, 2.45) is 0 Å². The van der Waals surface area contributed by atoms with Crippen molar-refractivity contribution in [2.75, 3.05) is 0 Å². The molecular formula is C19H23N3O4S. The summed E-state index contributed by atoms with van der Waals surface area (Å²) in [5, 5.41) is 7.41. The van der Waals surface area contributed by atoms with E-state index in [1.807, 2.05) is 13.0 Å². The zero-order chi connectivity index (χ0) is 19.2. The van der Waals surface area contributed by atoms with Gasteiger partial charge in [-0.3, -0.25) is 4.79 Å². The van der Waals surface area contributed by atoms with Gasteiger partial charge in [-0.05, 0) is 38.8 Å². The summed E-state index contributed by atoms with van der Waals surface area (Å²) in [5.41, 5.74) is 1.11. The first kappa shape index (κ1) is 19.4. The van der Waals surface area contributed by atoms with Crippen molar-refractivity contribution in [3.63, 3.8) is 0 Å². The maximum atomic E-state index is 12.5. The SMILES string of the molecule is Cc1cc(CSc2ncccc2C(=O)O[C@H](C)C(=O)NC2CCCC2)no1. The second-order valence-corrected chi connectivity index (χ2v) is 7.58. The van der Waals surface area contributed by atoms with Gasteiger partial charge in [-0.2, -0.15) is 0 Å². The Morgan fingerprint density at radius 3 is 2.89 bits per heavy atom. The van der Waals surface area contributed by atoms with Gasteiger partial charge in [0.25, 0.3) is 5.91 Å². The largest absolute Gasteiger partial charge is 0.449 e. The normalized spacial score (nSPS) is 15.5. The standard InChI is InChI=1S/C19H23N3O4S/c1-12-10-15(22-26-12)11-27-18-16(8-5-9-20-18)19(24)25-13(2)17(23)21-14-6-3-4-7-14/h5,8-10,13-14H,3-4,6-7,11H2,1-2H3,(H,21,23)/t13-/m1/s1. The van der Waals surface area contributed by atoms with Gasteiger partial charge in [0, 0.05) is 24.1 Å². The highest BCUT2D eigenvalue weighted by Gasteiger charge is 2.24. The zero-order valence-electron chi connectivity index (χ0n) is 15.4. The number of thioether (sulfide) groups is 1. The minimum atomic E-state index is -0.852. The molecule has 7 nitrogen and oxygen atoms in total. The molecule has 1 saturated carbocycles. The van der Waals surface area contributed by atoms with Crippen molar-refractivity contribution in [3.8, 4) is 0 Å². The van der Waals surface area contributed by atoms with Gasteiger partial charge in [-0.1, -0.05) is 29.8 Å². The fourth-order valence-electron chi connectivity index (χ4n) is 2.96. The van der Waals surface area contributed by atoms with Crippen LogP contribution in [0.5, 0.6) is 0 Å². The third kappa shape index (κ3) is 5.32. The van der Waals surface area contributed by atoms with Gasteiger partial charge in [0.05, 0.1) is 11.3 Å². The maximum absolute atomic E-state index is 12.5. The second-order valence-electron chi connectivity index (χ2n) is 6.61. The summed E-state index contributed by atoms with van der Waals surface area (Å²) in [7, 11) is 0. The van der Waals surface area contributed by atoms with Gasteiger partial charge in [0.1, 0.15) is 10.8 Å². The Hall–Kier alpha value is -2.35. The molecule has 1 atom stereocenters. The van der Waals surface area contributed by atoms with E-state index in [9.17, 15) is 9.59 Å². The topological polar surface area (TPSA) is 94.3 Å². The Bertz CT molecular complexity index is 802. The van der Waals surface area contributed by atoms with Gasteiger partial charge in [0.2, 0.25) is 0 Å². The van der Waals surface area contributed by atoms with E-state index in [2.05, 4.69) is 15.5 Å². The monoisotopic (exact) mass is 389 g/mol. The highest BCUT2D eigenvalue weighted by molar-refractivity contribution is 7.98. The lowest BCUT2D eigenvalue weighted by atomic mass is 10.2. The molecule has 0 unspecified atom stereocenters. The van der Waals surface area contributed by atoms with Crippen LogP contribution in [0.4, 0.5) is 0 Å². The van der Waals surface area contributed by atoms with Crippen LogP contribution in [-0.4, -0.2) is 34.2 Å². The van der Waals surface area contributed by atoms with E-state index < -0.39 is 12.1 Å². The Kier molecular flexibility index (Phi) is 6.49. The number of pyridine rings is 1. The van der Waals surface area contributed by atoms with Crippen LogP contribution in [0.1, 0.15) is 54.4 Å². The summed E-state index contributed by atoms with van der Waals surface area (Å²) in [6, 6.07) is 5.34. The number of carbonyl (C=O) groups is 2. The summed E-state index contributed by atoms with van der Waals surface area (Å²) >= 11 is 1.37. The minimum absolute atomic E-state index is 0.189. The Morgan fingerprint density at radius 2 is 2.19 bits per heavy atom. The maximum Gasteiger partial charge on any atom is 0.341 e. The Labute approximate surface area is 162 Å². The molecule has 0 bridgehead atoms. The molecule has 144 valence electrons. The number of aromatic nitrogens is 2. The third-order valence-electron chi connectivity index (χ3n) is 4.38. The average Bonchev–Trinajstić information content (AvgIpc) is 3.31. The number of carbonyl (C=O) groups excluding carboxylic acids is 2. The van der Waals surface area contributed by atoms with E-state index in [4.69, 9.17) is 9.26 Å². The van der Waals surface area contributed by atoms with Crippen LogP contribution in [-0.2, 0) is 15.3 Å².